The number of hydrogen-bond donors (Lipinski definition) is 0. The number of rotatable bonds is 7. The molecule has 3 aromatic rings. The SMILES string of the molecule is CC.CCC(c1nc2ccc(C)cc2n1-c1c(C=O)cccc1OC(F)F)N(C)C. The topological polar surface area (TPSA) is 47.4 Å². The summed E-state index contributed by atoms with van der Waals surface area (Å²) in [5.74, 6) is 0.608. The van der Waals surface area contributed by atoms with E-state index in [0.29, 0.717) is 12.1 Å². The minimum atomic E-state index is -3.00. The maximum absolute atomic E-state index is 13.1. The van der Waals surface area contributed by atoms with Crippen LogP contribution in [0.3, 0.4) is 0 Å². The largest absolute Gasteiger partial charge is 0.433 e. The van der Waals surface area contributed by atoms with Gasteiger partial charge in [0.05, 0.1) is 17.1 Å². The third-order valence-corrected chi connectivity index (χ3v) is 4.74. The molecule has 0 N–H and O–H groups in total. The smallest absolute Gasteiger partial charge is 0.387 e. The van der Waals surface area contributed by atoms with E-state index >= 15 is 0 Å². The average molecular weight is 418 g/mol. The number of fused-ring (bicyclic) bond motifs is 1. The lowest BCUT2D eigenvalue weighted by Crippen LogP contribution is -2.23. The molecule has 0 amide bonds. The van der Waals surface area contributed by atoms with Crippen LogP contribution >= 0.6 is 0 Å². The number of carbonyl (C=O) groups excluding carboxylic acids is 1. The van der Waals surface area contributed by atoms with Gasteiger partial charge in [0.25, 0.3) is 0 Å². The van der Waals surface area contributed by atoms with E-state index in [1.54, 1.807) is 10.6 Å². The number of halogens is 2. The number of imidazole rings is 1. The summed E-state index contributed by atoms with van der Waals surface area (Å²) in [4.78, 5) is 18.6. The molecule has 2 aromatic carbocycles. The number of aldehydes is 1. The Hall–Kier alpha value is -2.80. The third kappa shape index (κ3) is 4.67. The molecule has 1 aromatic heterocycles. The van der Waals surface area contributed by atoms with Crippen LogP contribution in [0, 0.1) is 6.92 Å². The van der Waals surface area contributed by atoms with Crippen molar-refractivity contribution in [3.63, 3.8) is 0 Å². The van der Waals surface area contributed by atoms with Gasteiger partial charge in [-0.05, 0) is 57.3 Å². The first kappa shape index (κ1) is 23.5. The predicted octanol–water partition coefficient (Wildman–Crippen LogP) is 5.79. The van der Waals surface area contributed by atoms with E-state index in [9.17, 15) is 13.6 Å². The van der Waals surface area contributed by atoms with Crippen molar-refractivity contribution in [1.82, 2.24) is 14.5 Å². The summed E-state index contributed by atoms with van der Waals surface area (Å²) in [6, 6.07) is 10.2. The number of carbonyl (C=O) groups is 1. The van der Waals surface area contributed by atoms with E-state index in [2.05, 4.69) is 0 Å². The second-order valence-electron chi connectivity index (χ2n) is 6.88. The number of alkyl halides is 2. The molecule has 0 spiro atoms. The maximum Gasteiger partial charge on any atom is 0.387 e. The minimum Gasteiger partial charge on any atom is -0.433 e. The number of hydrogen-bond acceptors (Lipinski definition) is 4. The van der Waals surface area contributed by atoms with E-state index in [1.807, 2.05) is 64.9 Å². The molecule has 0 fully saturated rings. The van der Waals surface area contributed by atoms with Crippen molar-refractivity contribution in [2.75, 3.05) is 14.1 Å². The zero-order valence-corrected chi connectivity index (χ0v) is 18.3. The van der Waals surface area contributed by atoms with Crippen LogP contribution in [0.5, 0.6) is 5.75 Å². The summed E-state index contributed by atoms with van der Waals surface area (Å²) in [5.41, 5.74) is 3.00. The van der Waals surface area contributed by atoms with Crippen LogP contribution in [0.15, 0.2) is 36.4 Å². The zero-order chi connectivity index (χ0) is 22.4. The number of ether oxygens (including phenoxy) is 1. The normalized spacial score (nSPS) is 12.1. The first-order valence-electron chi connectivity index (χ1n) is 10.1. The molecule has 1 heterocycles. The lowest BCUT2D eigenvalue weighted by atomic mass is 10.1. The Morgan fingerprint density at radius 1 is 1.20 bits per heavy atom. The Morgan fingerprint density at radius 2 is 1.90 bits per heavy atom. The summed E-state index contributed by atoms with van der Waals surface area (Å²) in [6.07, 6.45) is 1.40. The van der Waals surface area contributed by atoms with Crippen LogP contribution in [0.2, 0.25) is 0 Å². The molecule has 0 saturated carbocycles. The second-order valence-corrected chi connectivity index (χ2v) is 6.88. The quantitative estimate of drug-likeness (QED) is 0.457. The number of nitrogens with zero attached hydrogens (tertiary/aromatic N) is 3. The summed E-state index contributed by atoms with van der Waals surface area (Å²) in [5, 5.41) is 0. The number of benzene rings is 2. The Morgan fingerprint density at radius 3 is 2.47 bits per heavy atom. The molecule has 3 rings (SSSR count). The van der Waals surface area contributed by atoms with Gasteiger partial charge in [0.2, 0.25) is 0 Å². The number of para-hydroxylation sites is 1. The Labute approximate surface area is 176 Å². The Bertz CT molecular complexity index is 1000. The molecular formula is C23H29F2N3O2. The van der Waals surface area contributed by atoms with Crippen LogP contribution in [0.1, 0.15) is 55.0 Å². The number of aromatic nitrogens is 2. The van der Waals surface area contributed by atoms with Gasteiger partial charge in [0.1, 0.15) is 11.5 Å². The molecule has 0 aliphatic rings. The van der Waals surface area contributed by atoms with Gasteiger partial charge in [-0.15, -0.1) is 0 Å². The molecule has 0 aliphatic heterocycles. The molecular weight excluding hydrogens is 388 g/mol. The Balaban J connectivity index is 0.00000155. The van der Waals surface area contributed by atoms with Gasteiger partial charge in [-0.3, -0.25) is 14.3 Å². The highest BCUT2D eigenvalue weighted by molar-refractivity contribution is 5.87. The molecule has 0 aliphatic carbocycles. The van der Waals surface area contributed by atoms with Crippen molar-refractivity contribution < 1.29 is 18.3 Å². The van der Waals surface area contributed by atoms with E-state index in [4.69, 9.17) is 9.72 Å². The fourth-order valence-electron chi connectivity index (χ4n) is 3.51. The number of aryl methyl sites for hydroxylation is 1. The van der Waals surface area contributed by atoms with Crippen LogP contribution in [0.4, 0.5) is 8.78 Å². The average Bonchev–Trinajstić information content (AvgIpc) is 3.07. The molecule has 1 atom stereocenters. The third-order valence-electron chi connectivity index (χ3n) is 4.74. The molecule has 0 saturated heterocycles. The lowest BCUT2D eigenvalue weighted by molar-refractivity contribution is -0.0498. The molecule has 0 bridgehead atoms. The summed E-state index contributed by atoms with van der Waals surface area (Å²) >= 11 is 0. The van der Waals surface area contributed by atoms with Gasteiger partial charge in [-0.25, -0.2) is 4.98 Å². The molecule has 7 heteroatoms. The highest BCUT2D eigenvalue weighted by Crippen LogP contribution is 2.35. The second kappa shape index (κ2) is 10.3. The molecule has 162 valence electrons. The van der Waals surface area contributed by atoms with E-state index in [-0.39, 0.29) is 23.0 Å². The summed E-state index contributed by atoms with van der Waals surface area (Å²) < 4.78 is 32.7. The highest BCUT2D eigenvalue weighted by Gasteiger charge is 2.26. The van der Waals surface area contributed by atoms with Crippen molar-refractivity contribution in [2.45, 2.75) is 46.8 Å². The van der Waals surface area contributed by atoms with Gasteiger partial charge in [0, 0.05) is 5.56 Å². The molecule has 1 unspecified atom stereocenters. The first-order valence-corrected chi connectivity index (χ1v) is 10.1. The van der Waals surface area contributed by atoms with E-state index in [0.717, 1.165) is 23.0 Å². The van der Waals surface area contributed by atoms with Crippen molar-refractivity contribution in [1.29, 1.82) is 0 Å². The first-order chi connectivity index (χ1) is 14.4. The maximum atomic E-state index is 13.1. The van der Waals surface area contributed by atoms with Crippen molar-refractivity contribution in [3.05, 3.63) is 53.3 Å². The minimum absolute atomic E-state index is 0.0599. The molecule has 0 radical (unpaired) electrons. The standard InChI is InChI=1S/C21H23F2N3O2.C2H6/c1-5-16(25(3)4)20-24-15-10-9-13(2)11-17(15)26(20)19-14(12-27)7-6-8-18(19)28-21(22)23;1-2/h6-12,16,21H,5H2,1-4H3;1-2H3. The molecule has 5 nitrogen and oxygen atoms in total. The fourth-order valence-corrected chi connectivity index (χ4v) is 3.51. The highest BCUT2D eigenvalue weighted by atomic mass is 19.3. The van der Waals surface area contributed by atoms with Crippen LogP contribution in [-0.2, 0) is 0 Å². The molecule has 30 heavy (non-hydrogen) atoms. The van der Waals surface area contributed by atoms with Crippen molar-refractivity contribution in [3.8, 4) is 11.4 Å². The predicted molar refractivity (Wildman–Crippen MR) is 116 cm³/mol. The zero-order valence-electron chi connectivity index (χ0n) is 18.3. The van der Waals surface area contributed by atoms with Crippen molar-refractivity contribution >= 4 is 17.3 Å². The summed E-state index contributed by atoms with van der Waals surface area (Å²) in [7, 11) is 3.87. The van der Waals surface area contributed by atoms with E-state index in [1.165, 1.54) is 12.1 Å². The monoisotopic (exact) mass is 417 g/mol. The fraction of sp³-hybridized carbons (Fsp3) is 0.391. The van der Waals surface area contributed by atoms with E-state index < -0.39 is 6.61 Å². The van der Waals surface area contributed by atoms with Crippen LogP contribution in [-0.4, -0.2) is 41.4 Å². The van der Waals surface area contributed by atoms with Crippen molar-refractivity contribution in [2.24, 2.45) is 0 Å². The lowest BCUT2D eigenvalue weighted by Gasteiger charge is -2.25. The van der Waals surface area contributed by atoms with Gasteiger partial charge in [-0.1, -0.05) is 32.9 Å². The van der Waals surface area contributed by atoms with Gasteiger partial charge in [0.15, 0.2) is 12.0 Å². The van der Waals surface area contributed by atoms with Gasteiger partial charge in [-0.2, -0.15) is 8.78 Å². The van der Waals surface area contributed by atoms with Crippen LogP contribution < -0.4 is 4.74 Å². The van der Waals surface area contributed by atoms with Crippen LogP contribution in [0.25, 0.3) is 16.7 Å². The Kier molecular flexibility index (Phi) is 8.06. The summed E-state index contributed by atoms with van der Waals surface area (Å²) in [6.45, 7) is 4.97. The van der Waals surface area contributed by atoms with Gasteiger partial charge < -0.3 is 4.74 Å². The van der Waals surface area contributed by atoms with Gasteiger partial charge >= 0.3 is 6.61 Å².